The highest BCUT2D eigenvalue weighted by molar-refractivity contribution is 5.23. The third-order valence-electron chi connectivity index (χ3n) is 2.23. The summed E-state index contributed by atoms with van der Waals surface area (Å²) in [5.74, 6) is -1.21. The summed E-state index contributed by atoms with van der Waals surface area (Å²) in [5.41, 5.74) is 0.350. The Labute approximate surface area is 87.7 Å². The van der Waals surface area contributed by atoms with Gasteiger partial charge in [0.05, 0.1) is 18.5 Å². The Bertz CT molecular complexity index is 383. The lowest BCUT2D eigenvalue weighted by atomic mass is 10.0. The van der Waals surface area contributed by atoms with Crippen molar-refractivity contribution in [1.29, 1.82) is 5.26 Å². The number of halogens is 2. The van der Waals surface area contributed by atoms with E-state index in [0.29, 0.717) is 5.56 Å². The van der Waals surface area contributed by atoms with E-state index in [1.807, 2.05) is 6.07 Å². The van der Waals surface area contributed by atoms with Gasteiger partial charge in [-0.2, -0.15) is 5.26 Å². The maximum absolute atomic E-state index is 13.4. The lowest BCUT2D eigenvalue weighted by Gasteiger charge is -2.22. The normalized spacial score (nSPS) is 12.5. The first kappa shape index (κ1) is 11.6. The number of benzene rings is 1. The van der Waals surface area contributed by atoms with Crippen molar-refractivity contribution in [3.05, 3.63) is 35.4 Å². The molecular weight excluding hydrogens is 198 g/mol. The second kappa shape index (κ2) is 4.85. The molecular formula is C11H12F2N2. The molecule has 15 heavy (non-hydrogen) atoms. The van der Waals surface area contributed by atoms with Crippen LogP contribution in [0.2, 0.25) is 0 Å². The maximum atomic E-state index is 13.4. The van der Waals surface area contributed by atoms with Gasteiger partial charge in [0.1, 0.15) is 11.6 Å². The van der Waals surface area contributed by atoms with E-state index < -0.39 is 11.6 Å². The molecule has 0 saturated carbocycles. The number of nitrogens with zero attached hydrogens (tertiary/aromatic N) is 2. The number of hydrogen-bond donors (Lipinski definition) is 0. The Balaban J connectivity index is 3.07. The molecule has 1 atom stereocenters. The minimum absolute atomic E-state index is 0.176. The molecule has 0 radical (unpaired) electrons. The van der Waals surface area contributed by atoms with Gasteiger partial charge in [-0.1, -0.05) is 6.07 Å². The van der Waals surface area contributed by atoms with E-state index in [0.717, 1.165) is 6.07 Å². The van der Waals surface area contributed by atoms with E-state index in [-0.39, 0.29) is 12.5 Å². The molecule has 2 nitrogen and oxygen atoms in total. The Morgan fingerprint density at radius 2 is 2.07 bits per heavy atom. The standard InChI is InChI=1S/C11H12F2N2/c1-15(2)11(5-6-14)9-4-3-8(12)7-10(9)13/h3-4,7,11H,5H2,1-2H3. The van der Waals surface area contributed by atoms with E-state index in [1.54, 1.807) is 19.0 Å². The van der Waals surface area contributed by atoms with E-state index in [4.69, 9.17) is 5.26 Å². The van der Waals surface area contributed by atoms with E-state index in [2.05, 4.69) is 0 Å². The van der Waals surface area contributed by atoms with Crippen molar-refractivity contribution in [2.45, 2.75) is 12.5 Å². The van der Waals surface area contributed by atoms with E-state index >= 15 is 0 Å². The van der Waals surface area contributed by atoms with Crippen LogP contribution in [0.5, 0.6) is 0 Å². The minimum atomic E-state index is -0.607. The summed E-state index contributed by atoms with van der Waals surface area (Å²) < 4.78 is 26.1. The second-order valence-corrected chi connectivity index (χ2v) is 3.51. The largest absolute Gasteiger partial charge is 0.301 e. The summed E-state index contributed by atoms with van der Waals surface area (Å²) in [5, 5.41) is 8.62. The molecule has 80 valence electrons. The van der Waals surface area contributed by atoms with Crippen LogP contribution in [0.25, 0.3) is 0 Å². The molecule has 0 aromatic heterocycles. The van der Waals surface area contributed by atoms with Crippen LogP contribution in [-0.4, -0.2) is 19.0 Å². The molecule has 0 aliphatic carbocycles. The first-order valence-electron chi connectivity index (χ1n) is 4.54. The molecule has 0 N–H and O–H groups in total. The average Bonchev–Trinajstić information content (AvgIpc) is 2.15. The van der Waals surface area contributed by atoms with Crippen LogP contribution >= 0.6 is 0 Å². The Hall–Kier alpha value is -1.47. The Kier molecular flexibility index (Phi) is 3.75. The zero-order valence-electron chi connectivity index (χ0n) is 8.67. The van der Waals surface area contributed by atoms with Crippen LogP contribution in [0.15, 0.2) is 18.2 Å². The van der Waals surface area contributed by atoms with E-state index in [1.165, 1.54) is 12.1 Å². The predicted octanol–water partition coefficient (Wildman–Crippen LogP) is 2.48. The summed E-state index contributed by atoms with van der Waals surface area (Å²) in [6.07, 6.45) is 0.176. The molecule has 0 bridgehead atoms. The molecule has 0 spiro atoms. The quantitative estimate of drug-likeness (QED) is 0.766. The minimum Gasteiger partial charge on any atom is -0.301 e. The number of hydrogen-bond acceptors (Lipinski definition) is 2. The van der Waals surface area contributed by atoms with Crippen molar-refractivity contribution >= 4 is 0 Å². The molecule has 0 fully saturated rings. The zero-order valence-corrected chi connectivity index (χ0v) is 8.67. The van der Waals surface area contributed by atoms with E-state index in [9.17, 15) is 8.78 Å². The summed E-state index contributed by atoms with van der Waals surface area (Å²) in [7, 11) is 3.51. The monoisotopic (exact) mass is 210 g/mol. The molecule has 0 aliphatic rings. The summed E-state index contributed by atoms with van der Waals surface area (Å²) in [4.78, 5) is 1.74. The van der Waals surface area contributed by atoms with Crippen molar-refractivity contribution in [1.82, 2.24) is 4.90 Å². The lowest BCUT2D eigenvalue weighted by molar-refractivity contribution is 0.295. The Morgan fingerprint density at radius 3 is 2.53 bits per heavy atom. The summed E-state index contributed by atoms with van der Waals surface area (Å²) >= 11 is 0. The molecule has 1 unspecified atom stereocenters. The van der Waals surface area contributed by atoms with Gasteiger partial charge in [-0.25, -0.2) is 8.78 Å². The van der Waals surface area contributed by atoms with Gasteiger partial charge >= 0.3 is 0 Å². The van der Waals surface area contributed by atoms with Crippen molar-refractivity contribution in [2.24, 2.45) is 0 Å². The van der Waals surface area contributed by atoms with Crippen molar-refractivity contribution in [2.75, 3.05) is 14.1 Å². The van der Waals surface area contributed by atoms with Gasteiger partial charge < -0.3 is 4.90 Å². The van der Waals surface area contributed by atoms with Crippen molar-refractivity contribution in [3.8, 4) is 6.07 Å². The van der Waals surface area contributed by atoms with Gasteiger partial charge in [0.25, 0.3) is 0 Å². The molecule has 0 amide bonds. The first-order chi connectivity index (χ1) is 7.06. The highest BCUT2D eigenvalue weighted by atomic mass is 19.1. The molecule has 1 aromatic carbocycles. The van der Waals surface area contributed by atoms with Gasteiger partial charge in [-0.3, -0.25) is 0 Å². The highest BCUT2D eigenvalue weighted by Gasteiger charge is 2.17. The summed E-state index contributed by atoms with van der Waals surface area (Å²) in [6.45, 7) is 0. The molecule has 1 aromatic rings. The van der Waals surface area contributed by atoms with Crippen molar-refractivity contribution in [3.63, 3.8) is 0 Å². The number of rotatable bonds is 3. The molecule has 0 heterocycles. The third kappa shape index (κ3) is 2.74. The van der Waals surface area contributed by atoms with Gasteiger partial charge in [-0.15, -0.1) is 0 Å². The van der Waals surface area contributed by atoms with Crippen LogP contribution in [0.3, 0.4) is 0 Å². The molecule has 4 heteroatoms. The van der Waals surface area contributed by atoms with Crippen molar-refractivity contribution < 1.29 is 8.78 Å². The second-order valence-electron chi connectivity index (χ2n) is 3.51. The van der Waals surface area contributed by atoms with Gasteiger partial charge in [-0.05, 0) is 20.2 Å². The number of nitriles is 1. The molecule has 1 rings (SSSR count). The fourth-order valence-corrected chi connectivity index (χ4v) is 1.43. The predicted molar refractivity (Wildman–Crippen MR) is 53.0 cm³/mol. The van der Waals surface area contributed by atoms with Crippen LogP contribution in [0.1, 0.15) is 18.0 Å². The molecule has 0 saturated heterocycles. The highest BCUT2D eigenvalue weighted by Crippen LogP contribution is 2.24. The van der Waals surface area contributed by atoms with Gasteiger partial charge in [0, 0.05) is 11.6 Å². The topological polar surface area (TPSA) is 27.0 Å². The fourth-order valence-electron chi connectivity index (χ4n) is 1.43. The van der Waals surface area contributed by atoms with Crippen LogP contribution in [0, 0.1) is 23.0 Å². The van der Waals surface area contributed by atoms with Crippen LogP contribution < -0.4 is 0 Å². The van der Waals surface area contributed by atoms with Crippen LogP contribution in [-0.2, 0) is 0 Å². The first-order valence-corrected chi connectivity index (χ1v) is 4.54. The lowest BCUT2D eigenvalue weighted by Crippen LogP contribution is -2.20. The zero-order chi connectivity index (χ0) is 11.4. The Morgan fingerprint density at radius 1 is 1.40 bits per heavy atom. The smallest absolute Gasteiger partial charge is 0.130 e. The molecule has 0 aliphatic heterocycles. The average molecular weight is 210 g/mol. The maximum Gasteiger partial charge on any atom is 0.130 e. The third-order valence-corrected chi connectivity index (χ3v) is 2.23. The van der Waals surface area contributed by atoms with Crippen LogP contribution in [0.4, 0.5) is 8.78 Å². The van der Waals surface area contributed by atoms with Gasteiger partial charge in [0.15, 0.2) is 0 Å². The van der Waals surface area contributed by atoms with Gasteiger partial charge in [0.2, 0.25) is 0 Å². The fraction of sp³-hybridized carbons (Fsp3) is 0.364. The summed E-state index contributed by atoms with van der Waals surface area (Å²) in [6, 6.07) is 5.07. The SMILES string of the molecule is CN(C)C(CC#N)c1ccc(F)cc1F.